The van der Waals surface area contributed by atoms with Crippen LogP contribution in [0.25, 0.3) is 0 Å². The number of nitrogens with zero attached hydrogens (tertiary/aromatic N) is 2. The first-order valence-electron chi connectivity index (χ1n) is 6.32. The van der Waals surface area contributed by atoms with Crippen molar-refractivity contribution in [1.29, 1.82) is 0 Å². The molecule has 1 heterocycles. The van der Waals surface area contributed by atoms with Crippen molar-refractivity contribution in [3.05, 3.63) is 11.7 Å². The van der Waals surface area contributed by atoms with E-state index in [1.165, 1.54) is 25.7 Å². The Balaban J connectivity index is 1.74. The van der Waals surface area contributed by atoms with Crippen molar-refractivity contribution in [2.45, 2.75) is 51.0 Å². The van der Waals surface area contributed by atoms with Crippen molar-refractivity contribution in [1.82, 2.24) is 10.1 Å². The molecule has 16 heavy (non-hydrogen) atoms. The summed E-state index contributed by atoms with van der Waals surface area (Å²) < 4.78 is 5.28. The summed E-state index contributed by atoms with van der Waals surface area (Å²) in [4.78, 5) is 4.34. The van der Waals surface area contributed by atoms with E-state index in [2.05, 4.69) is 10.1 Å². The van der Waals surface area contributed by atoms with Crippen LogP contribution in [0.1, 0.15) is 62.8 Å². The van der Waals surface area contributed by atoms with Gasteiger partial charge in [-0.1, -0.05) is 24.9 Å². The van der Waals surface area contributed by atoms with E-state index in [9.17, 15) is 5.11 Å². The zero-order chi connectivity index (χ0) is 11.1. The number of aliphatic hydroxyl groups excluding tert-OH is 1. The lowest BCUT2D eigenvalue weighted by Gasteiger charge is -2.04. The van der Waals surface area contributed by atoms with E-state index >= 15 is 0 Å². The fraction of sp³-hybridized carbons (Fsp3) is 0.833. The van der Waals surface area contributed by atoms with Crippen molar-refractivity contribution in [3.63, 3.8) is 0 Å². The second kappa shape index (κ2) is 3.84. The Morgan fingerprint density at radius 2 is 2.06 bits per heavy atom. The van der Waals surface area contributed by atoms with E-state index in [0.29, 0.717) is 18.2 Å². The summed E-state index contributed by atoms with van der Waals surface area (Å²) in [5.41, 5.74) is 0. The zero-order valence-electron chi connectivity index (χ0n) is 9.59. The van der Waals surface area contributed by atoms with Crippen molar-refractivity contribution < 1.29 is 9.63 Å². The van der Waals surface area contributed by atoms with Crippen molar-refractivity contribution in [2.24, 2.45) is 11.8 Å². The van der Waals surface area contributed by atoms with E-state index in [1.54, 1.807) is 0 Å². The van der Waals surface area contributed by atoms with Gasteiger partial charge in [0.2, 0.25) is 5.89 Å². The van der Waals surface area contributed by atoms with Crippen LogP contribution < -0.4 is 0 Å². The SMILES string of the molecule is CCC(O)c1noc(C2C3CCCCC32)n1. The summed E-state index contributed by atoms with van der Waals surface area (Å²) in [6.45, 7) is 1.91. The summed E-state index contributed by atoms with van der Waals surface area (Å²) in [6, 6.07) is 0. The van der Waals surface area contributed by atoms with Gasteiger partial charge in [0.05, 0.1) is 0 Å². The predicted octanol–water partition coefficient (Wildman–Crippen LogP) is 2.42. The third-order valence-corrected chi connectivity index (χ3v) is 4.08. The van der Waals surface area contributed by atoms with Gasteiger partial charge in [0, 0.05) is 5.92 Å². The number of hydrogen-bond acceptors (Lipinski definition) is 4. The molecular formula is C12H18N2O2. The third kappa shape index (κ3) is 1.56. The highest BCUT2D eigenvalue weighted by Gasteiger charge is 2.54. The van der Waals surface area contributed by atoms with Gasteiger partial charge in [-0.2, -0.15) is 4.98 Å². The molecule has 1 N–H and O–H groups in total. The van der Waals surface area contributed by atoms with E-state index in [1.807, 2.05) is 6.92 Å². The van der Waals surface area contributed by atoms with Crippen LogP contribution in [-0.2, 0) is 0 Å². The average Bonchev–Trinajstić information content (AvgIpc) is 2.86. The Bertz CT molecular complexity index is 365. The molecule has 0 amide bonds. The topological polar surface area (TPSA) is 59.2 Å². The van der Waals surface area contributed by atoms with Crippen LogP contribution in [0.15, 0.2) is 4.52 Å². The molecule has 3 unspecified atom stereocenters. The van der Waals surface area contributed by atoms with Gasteiger partial charge >= 0.3 is 0 Å². The molecule has 0 spiro atoms. The predicted molar refractivity (Wildman–Crippen MR) is 57.7 cm³/mol. The minimum absolute atomic E-state index is 0.459. The smallest absolute Gasteiger partial charge is 0.230 e. The molecule has 88 valence electrons. The Morgan fingerprint density at radius 3 is 2.69 bits per heavy atom. The number of hydrogen-bond donors (Lipinski definition) is 1. The molecule has 1 aromatic rings. The van der Waals surface area contributed by atoms with Gasteiger partial charge in [-0.25, -0.2) is 0 Å². The third-order valence-electron chi connectivity index (χ3n) is 4.08. The van der Waals surface area contributed by atoms with Crippen LogP contribution in [0, 0.1) is 11.8 Å². The van der Waals surface area contributed by atoms with E-state index in [4.69, 9.17) is 4.52 Å². The first kappa shape index (κ1) is 10.3. The number of fused-ring (bicyclic) bond motifs is 1. The van der Waals surface area contributed by atoms with Gasteiger partial charge < -0.3 is 9.63 Å². The van der Waals surface area contributed by atoms with Crippen LogP contribution in [0.4, 0.5) is 0 Å². The molecule has 4 heteroatoms. The zero-order valence-corrected chi connectivity index (χ0v) is 9.59. The molecule has 2 aliphatic carbocycles. The summed E-state index contributed by atoms with van der Waals surface area (Å²) in [7, 11) is 0. The molecule has 0 aromatic carbocycles. The highest BCUT2D eigenvalue weighted by molar-refractivity contribution is 5.14. The highest BCUT2D eigenvalue weighted by Crippen LogP contribution is 2.60. The summed E-state index contributed by atoms with van der Waals surface area (Å²) in [6.07, 6.45) is 5.37. The molecule has 4 nitrogen and oxygen atoms in total. The molecule has 0 bridgehead atoms. The second-order valence-corrected chi connectivity index (χ2v) is 5.05. The monoisotopic (exact) mass is 222 g/mol. The minimum atomic E-state index is -0.571. The largest absolute Gasteiger partial charge is 0.385 e. The molecule has 0 aliphatic heterocycles. The van der Waals surface area contributed by atoms with Gasteiger partial charge in [0.15, 0.2) is 5.82 Å². The van der Waals surface area contributed by atoms with Crippen LogP contribution >= 0.6 is 0 Å². The maximum absolute atomic E-state index is 9.62. The summed E-state index contributed by atoms with van der Waals surface area (Å²) >= 11 is 0. The molecule has 1 aromatic heterocycles. The molecule has 0 radical (unpaired) electrons. The maximum atomic E-state index is 9.62. The number of rotatable bonds is 3. The molecule has 0 saturated heterocycles. The van der Waals surface area contributed by atoms with Crippen LogP contribution in [0.3, 0.4) is 0 Å². The lowest BCUT2D eigenvalue weighted by molar-refractivity contribution is 0.159. The molecule has 2 saturated carbocycles. The van der Waals surface area contributed by atoms with E-state index in [-0.39, 0.29) is 0 Å². The van der Waals surface area contributed by atoms with Gasteiger partial charge in [0.25, 0.3) is 0 Å². The molecule has 2 fully saturated rings. The molecular weight excluding hydrogens is 204 g/mol. The maximum Gasteiger partial charge on any atom is 0.230 e. The Morgan fingerprint density at radius 1 is 1.38 bits per heavy atom. The van der Waals surface area contributed by atoms with Crippen LogP contribution in [0.2, 0.25) is 0 Å². The van der Waals surface area contributed by atoms with Crippen molar-refractivity contribution in [3.8, 4) is 0 Å². The first-order chi connectivity index (χ1) is 7.81. The Hall–Kier alpha value is -0.900. The molecule has 3 atom stereocenters. The lowest BCUT2D eigenvalue weighted by Crippen LogP contribution is -1.97. The van der Waals surface area contributed by atoms with Gasteiger partial charge in [0.1, 0.15) is 6.10 Å². The fourth-order valence-electron chi connectivity index (χ4n) is 3.06. The van der Waals surface area contributed by atoms with Gasteiger partial charge in [-0.3, -0.25) is 0 Å². The van der Waals surface area contributed by atoms with E-state index < -0.39 is 6.10 Å². The average molecular weight is 222 g/mol. The second-order valence-electron chi connectivity index (χ2n) is 5.05. The van der Waals surface area contributed by atoms with Crippen molar-refractivity contribution in [2.75, 3.05) is 0 Å². The van der Waals surface area contributed by atoms with Gasteiger partial charge in [-0.15, -0.1) is 0 Å². The van der Waals surface area contributed by atoms with Crippen molar-refractivity contribution >= 4 is 0 Å². The fourth-order valence-corrected chi connectivity index (χ4v) is 3.06. The number of aliphatic hydroxyl groups is 1. The Kier molecular flexibility index (Phi) is 2.46. The summed E-state index contributed by atoms with van der Waals surface area (Å²) in [5, 5.41) is 13.5. The summed E-state index contributed by atoms with van der Waals surface area (Å²) in [5.74, 6) is 3.27. The minimum Gasteiger partial charge on any atom is -0.385 e. The number of aromatic nitrogens is 2. The molecule has 2 aliphatic rings. The lowest BCUT2D eigenvalue weighted by atomic mass is 10.0. The first-order valence-corrected chi connectivity index (χ1v) is 6.32. The van der Waals surface area contributed by atoms with Gasteiger partial charge in [-0.05, 0) is 31.1 Å². The molecule has 3 rings (SSSR count). The quantitative estimate of drug-likeness (QED) is 0.853. The van der Waals surface area contributed by atoms with Crippen LogP contribution in [0.5, 0.6) is 0 Å². The normalized spacial score (nSPS) is 34.5. The highest BCUT2D eigenvalue weighted by atomic mass is 16.5. The Labute approximate surface area is 95.0 Å². The van der Waals surface area contributed by atoms with E-state index in [0.717, 1.165) is 17.7 Å². The standard InChI is InChI=1S/C12H18N2O2/c1-2-9(15)11-13-12(16-14-11)10-7-5-3-4-6-8(7)10/h7-10,15H,2-6H2,1H3. The van der Waals surface area contributed by atoms with Crippen LogP contribution in [-0.4, -0.2) is 15.2 Å².